The molecule has 0 radical (unpaired) electrons. The highest BCUT2D eigenvalue weighted by Crippen LogP contribution is 2.38. The smallest absolute Gasteiger partial charge is 0.204 e. The van der Waals surface area contributed by atoms with E-state index in [1.165, 1.54) is 0 Å². The minimum Gasteiger partial charge on any atom is -0.460 e. The number of furan rings is 1. The molecule has 2 aromatic heterocycles. The lowest BCUT2D eigenvalue weighted by Crippen LogP contribution is -1.89. The summed E-state index contributed by atoms with van der Waals surface area (Å²) < 4.78 is 5.48. The van der Waals surface area contributed by atoms with Crippen molar-refractivity contribution in [3.8, 4) is 21.7 Å². The van der Waals surface area contributed by atoms with Gasteiger partial charge in [0.1, 0.15) is 11.5 Å². The van der Waals surface area contributed by atoms with Crippen LogP contribution in [0.1, 0.15) is 11.5 Å². The quantitative estimate of drug-likeness (QED) is 0.360. The number of nitrogens with zero attached hydrogens (tertiary/aromatic N) is 2. The molecule has 1 N–H and O–H groups in total. The molecule has 4 rings (SSSR count). The van der Waals surface area contributed by atoms with Crippen LogP contribution in [0, 0.1) is 6.92 Å². The van der Waals surface area contributed by atoms with E-state index in [4.69, 9.17) is 9.40 Å². The average Bonchev–Trinajstić information content (AvgIpc) is 3.30. The number of benzene rings is 2. The van der Waals surface area contributed by atoms with Gasteiger partial charge in [-0.05, 0) is 24.6 Å². The van der Waals surface area contributed by atoms with Crippen LogP contribution in [0.4, 0.5) is 5.13 Å². The fraction of sp³-hybridized carbons (Fsp3) is 0.0476. The summed E-state index contributed by atoms with van der Waals surface area (Å²) in [5, 5.41) is 4.98. The van der Waals surface area contributed by atoms with Crippen molar-refractivity contribution in [2.75, 3.05) is 5.43 Å². The van der Waals surface area contributed by atoms with Gasteiger partial charge in [-0.15, -0.1) is 0 Å². The van der Waals surface area contributed by atoms with E-state index in [1.807, 2.05) is 55.5 Å². The van der Waals surface area contributed by atoms with Crippen LogP contribution in [0.2, 0.25) is 0 Å². The summed E-state index contributed by atoms with van der Waals surface area (Å²) in [7, 11) is 0. The maximum Gasteiger partial charge on any atom is 0.204 e. The first-order valence-corrected chi connectivity index (χ1v) is 9.08. The fourth-order valence-corrected chi connectivity index (χ4v) is 3.56. The van der Waals surface area contributed by atoms with Crippen molar-refractivity contribution < 1.29 is 4.42 Å². The fourth-order valence-electron chi connectivity index (χ4n) is 2.62. The van der Waals surface area contributed by atoms with Crippen LogP contribution in [0.5, 0.6) is 0 Å². The summed E-state index contributed by atoms with van der Waals surface area (Å²) in [5.74, 6) is 1.57. The Morgan fingerprint density at radius 2 is 1.62 bits per heavy atom. The molecule has 0 bridgehead atoms. The highest BCUT2D eigenvalue weighted by Gasteiger charge is 2.14. The molecule has 2 heterocycles. The average molecular weight is 359 g/mol. The van der Waals surface area contributed by atoms with Crippen molar-refractivity contribution in [1.29, 1.82) is 0 Å². The van der Waals surface area contributed by atoms with Crippen molar-refractivity contribution in [3.63, 3.8) is 0 Å². The molecule has 0 atom stereocenters. The number of nitrogens with one attached hydrogen (secondary N) is 1. The molecule has 4 aromatic rings. The van der Waals surface area contributed by atoms with Crippen LogP contribution < -0.4 is 5.43 Å². The molecule has 0 saturated carbocycles. The van der Waals surface area contributed by atoms with Crippen molar-refractivity contribution >= 4 is 22.7 Å². The van der Waals surface area contributed by atoms with Crippen molar-refractivity contribution in [3.05, 3.63) is 84.3 Å². The SMILES string of the molecule is Cc1ccc(/C=N/Nc2nc(-c3ccccc3)c(-c3ccccc3)s2)o1. The molecule has 0 unspecified atom stereocenters. The lowest BCUT2D eigenvalue weighted by Gasteiger charge is -2.02. The van der Waals surface area contributed by atoms with Gasteiger partial charge in [0.2, 0.25) is 5.13 Å². The van der Waals surface area contributed by atoms with Crippen LogP contribution in [0.25, 0.3) is 21.7 Å². The highest BCUT2D eigenvalue weighted by atomic mass is 32.1. The molecule has 0 fully saturated rings. The zero-order valence-electron chi connectivity index (χ0n) is 14.2. The number of rotatable bonds is 5. The molecule has 0 aliphatic carbocycles. The number of aryl methyl sites for hydroxylation is 1. The molecule has 4 nitrogen and oxygen atoms in total. The summed E-state index contributed by atoms with van der Waals surface area (Å²) in [6.45, 7) is 1.91. The van der Waals surface area contributed by atoms with E-state index in [9.17, 15) is 0 Å². The summed E-state index contributed by atoms with van der Waals surface area (Å²) in [5.41, 5.74) is 6.20. The number of thiazole rings is 1. The number of hydrazone groups is 1. The largest absolute Gasteiger partial charge is 0.460 e. The molecule has 0 amide bonds. The zero-order chi connectivity index (χ0) is 17.8. The number of anilines is 1. The second kappa shape index (κ2) is 7.37. The van der Waals surface area contributed by atoms with Crippen LogP contribution >= 0.6 is 11.3 Å². The summed E-state index contributed by atoms with van der Waals surface area (Å²) in [4.78, 5) is 5.87. The molecule has 128 valence electrons. The van der Waals surface area contributed by atoms with E-state index in [-0.39, 0.29) is 0 Å². The molecule has 5 heteroatoms. The van der Waals surface area contributed by atoms with E-state index in [1.54, 1.807) is 17.6 Å². The van der Waals surface area contributed by atoms with E-state index in [0.717, 1.165) is 32.6 Å². The second-order valence-corrected chi connectivity index (χ2v) is 6.75. The van der Waals surface area contributed by atoms with Gasteiger partial charge >= 0.3 is 0 Å². The Kier molecular flexibility index (Phi) is 4.62. The molecule has 0 aliphatic rings. The Hall–Kier alpha value is -3.18. The second-order valence-electron chi connectivity index (χ2n) is 5.75. The van der Waals surface area contributed by atoms with E-state index in [2.05, 4.69) is 34.8 Å². The number of hydrogen-bond donors (Lipinski definition) is 1. The highest BCUT2D eigenvalue weighted by molar-refractivity contribution is 7.19. The van der Waals surface area contributed by atoms with Crippen molar-refractivity contribution in [2.24, 2.45) is 5.10 Å². The first kappa shape index (κ1) is 16.3. The lowest BCUT2D eigenvalue weighted by molar-refractivity contribution is 0.528. The summed E-state index contributed by atoms with van der Waals surface area (Å²) in [6, 6.07) is 24.3. The van der Waals surface area contributed by atoms with Gasteiger partial charge in [-0.1, -0.05) is 72.0 Å². The van der Waals surface area contributed by atoms with Gasteiger partial charge < -0.3 is 4.42 Å². The number of hydrogen-bond acceptors (Lipinski definition) is 5. The molecule has 0 aliphatic heterocycles. The first-order valence-electron chi connectivity index (χ1n) is 8.27. The predicted octanol–water partition coefficient (Wildman–Crippen LogP) is 5.82. The Balaban J connectivity index is 1.66. The molecule has 2 aromatic carbocycles. The van der Waals surface area contributed by atoms with Crippen molar-refractivity contribution in [1.82, 2.24) is 4.98 Å². The third kappa shape index (κ3) is 3.58. The van der Waals surface area contributed by atoms with Crippen LogP contribution in [-0.2, 0) is 0 Å². The van der Waals surface area contributed by atoms with E-state index in [0.29, 0.717) is 5.76 Å². The van der Waals surface area contributed by atoms with Crippen molar-refractivity contribution in [2.45, 2.75) is 6.92 Å². The monoisotopic (exact) mass is 359 g/mol. The molecular formula is C21H17N3OS. The van der Waals surface area contributed by atoms with Gasteiger partial charge in [-0.25, -0.2) is 4.98 Å². The van der Waals surface area contributed by atoms with Gasteiger partial charge in [0.05, 0.1) is 16.8 Å². The third-order valence-corrected chi connectivity index (χ3v) is 4.83. The Labute approximate surface area is 155 Å². The van der Waals surface area contributed by atoms with Crippen LogP contribution in [-0.4, -0.2) is 11.2 Å². The third-order valence-electron chi connectivity index (χ3n) is 3.82. The molecule has 26 heavy (non-hydrogen) atoms. The summed E-state index contributed by atoms with van der Waals surface area (Å²) in [6.07, 6.45) is 1.65. The van der Waals surface area contributed by atoms with E-state index < -0.39 is 0 Å². The molecule has 0 saturated heterocycles. The Bertz CT molecular complexity index is 963. The molecular weight excluding hydrogens is 342 g/mol. The standard InChI is InChI=1S/C21H17N3OS/c1-15-12-13-18(25-15)14-22-24-21-23-19(16-8-4-2-5-9-16)20(26-21)17-10-6-3-7-11-17/h2-14H,1H3,(H,23,24)/b22-14+. The van der Waals surface area contributed by atoms with Crippen LogP contribution in [0.3, 0.4) is 0 Å². The maximum absolute atomic E-state index is 5.48. The van der Waals surface area contributed by atoms with Gasteiger partial charge in [-0.2, -0.15) is 5.10 Å². The normalized spacial score (nSPS) is 11.1. The predicted molar refractivity (Wildman–Crippen MR) is 108 cm³/mol. The molecule has 0 spiro atoms. The van der Waals surface area contributed by atoms with Crippen LogP contribution in [0.15, 0.2) is 82.3 Å². The first-order chi connectivity index (χ1) is 12.8. The van der Waals surface area contributed by atoms with Gasteiger partial charge in [0.15, 0.2) is 0 Å². The maximum atomic E-state index is 5.48. The van der Waals surface area contributed by atoms with E-state index >= 15 is 0 Å². The summed E-state index contributed by atoms with van der Waals surface area (Å²) >= 11 is 1.58. The number of aromatic nitrogens is 1. The zero-order valence-corrected chi connectivity index (χ0v) is 15.0. The minimum absolute atomic E-state index is 0.707. The minimum atomic E-state index is 0.707. The van der Waals surface area contributed by atoms with Gasteiger partial charge in [0, 0.05) is 5.56 Å². The van der Waals surface area contributed by atoms with Gasteiger partial charge in [-0.3, -0.25) is 5.43 Å². The lowest BCUT2D eigenvalue weighted by atomic mass is 10.1. The Morgan fingerprint density at radius 1 is 0.923 bits per heavy atom. The Morgan fingerprint density at radius 3 is 2.27 bits per heavy atom. The topological polar surface area (TPSA) is 50.4 Å². The van der Waals surface area contributed by atoms with Gasteiger partial charge in [0.25, 0.3) is 0 Å².